The van der Waals surface area contributed by atoms with Gasteiger partial charge in [-0.2, -0.15) is 0 Å². The van der Waals surface area contributed by atoms with E-state index >= 15 is 0 Å². The van der Waals surface area contributed by atoms with E-state index in [2.05, 4.69) is 33.4 Å². The van der Waals surface area contributed by atoms with Gasteiger partial charge >= 0.3 is 0 Å². The summed E-state index contributed by atoms with van der Waals surface area (Å²) in [6.07, 6.45) is 6.46. The molecule has 1 fully saturated rings. The molecule has 0 saturated heterocycles. The Labute approximate surface area is 99.3 Å². The van der Waals surface area contributed by atoms with Crippen molar-refractivity contribution in [2.45, 2.75) is 52.6 Å². The van der Waals surface area contributed by atoms with Crippen molar-refractivity contribution in [3.05, 3.63) is 23.8 Å². The summed E-state index contributed by atoms with van der Waals surface area (Å²) in [5.41, 5.74) is 2.92. The van der Waals surface area contributed by atoms with E-state index in [9.17, 15) is 5.11 Å². The number of aliphatic hydroxyl groups is 1. The van der Waals surface area contributed by atoms with Crippen LogP contribution in [0.4, 0.5) is 0 Å². The van der Waals surface area contributed by atoms with E-state index in [-0.39, 0.29) is 11.5 Å². The van der Waals surface area contributed by atoms with Crippen molar-refractivity contribution in [2.75, 3.05) is 0 Å². The molecule has 16 heavy (non-hydrogen) atoms. The average molecular weight is 220 g/mol. The topological polar surface area (TPSA) is 20.2 Å². The molecule has 4 atom stereocenters. The molecule has 0 aliphatic heterocycles. The molecule has 0 heterocycles. The molecule has 1 heteroatoms. The summed E-state index contributed by atoms with van der Waals surface area (Å²) in [6, 6.07) is 0. The van der Waals surface area contributed by atoms with Crippen LogP contribution in [0.3, 0.4) is 0 Å². The first-order chi connectivity index (χ1) is 7.45. The maximum atomic E-state index is 10.2. The molecule has 0 radical (unpaired) electrons. The van der Waals surface area contributed by atoms with Gasteiger partial charge in [0, 0.05) is 5.41 Å². The second-order valence-corrected chi connectivity index (χ2v) is 6.08. The average Bonchev–Trinajstić information content (AvgIpc) is 2.24. The van der Waals surface area contributed by atoms with Crippen LogP contribution < -0.4 is 0 Å². The van der Waals surface area contributed by atoms with Gasteiger partial charge in [0.25, 0.3) is 0 Å². The van der Waals surface area contributed by atoms with Gasteiger partial charge in [-0.15, -0.1) is 0 Å². The van der Waals surface area contributed by atoms with Crippen molar-refractivity contribution in [3.8, 4) is 0 Å². The monoisotopic (exact) mass is 220 g/mol. The zero-order chi connectivity index (χ0) is 11.9. The lowest BCUT2D eigenvalue weighted by Gasteiger charge is -2.50. The van der Waals surface area contributed by atoms with Crippen molar-refractivity contribution >= 4 is 0 Å². The van der Waals surface area contributed by atoms with Crippen LogP contribution in [0.15, 0.2) is 23.8 Å². The second-order valence-electron chi connectivity index (χ2n) is 6.08. The summed E-state index contributed by atoms with van der Waals surface area (Å²) in [7, 11) is 0. The van der Waals surface area contributed by atoms with E-state index in [1.54, 1.807) is 0 Å². The number of rotatable bonds is 1. The first-order valence-electron chi connectivity index (χ1n) is 6.45. The summed E-state index contributed by atoms with van der Waals surface area (Å²) in [5.74, 6) is 1.22. The Morgan fingerprint density at radius 2 is 2.25 bits per heavy atom. The molecule has 0 amide bonds. The minimum Gasteiger partial charge on any atom is -0.392 e. The van der Waals surface area contributed by atoms with Crippen molar-refractivity contribution in [1.29, 1.82) is 0 Å². The molecule has 0 aromatic carbocycles. The van der Waals surface area contributed by atoms with E-state index in [0.29, 0.717) is 11.8 Å². The van der Waals surface area contributed by atoms with Gasteiger partial charge in [0.2, 0.25) is 0 Å². The van der Waals surface area contributed by atoms with Crippen LogP contribution in [0.1, 0.15) is 46.5 Å². The first-order valence-corrected chi connectivity index (χ1v) is 6.45. The van der Waals surface area contributed by atoms with E-state index in [0.717, 1.165) is 12.8 Å². The second kappa shape index (κ2) is 4.03. The highest BCUT2D eigenvalue weighted by atomic mass is 16.3. The molecule has 1 nitrogen and oxygen atoms in total. The molecule has 0 bridgehead atoms. The Bertz CT molecular complexity index is 328. The van der Waals surface area contributed by atoms with Gasteiger partial charge in [-0.25, -0.2) is 0 Å². The first kappa shape index (κ1) is 11.9. The lowest BCUT2D eigenvalue weighted by molar-refractivity contribution is -0.0356. The number of fused-ring (bicyclic) bond motifs is 1. The number of hydrogen-bond acceptors (Lipinski definition) is 1. The van der Waals surface area contributed by atoms with Gasteiger partial charge in [-0.05, 0) is 51.4 Å². The quantitative estimate of drug-likeness (QED) is 0.668. The highest BCUT2D eigenvalue weighted by Gasteiger charge is 2.46. The lowest BCUT2D eigenvalue weighted by atomic mass is 9.56. The third kappa shape index (κ3) is 1.75. The van der Waals surface area contributed by atoms with Crippen LogP contribution in [0.5, 0.6) is 0 Å². The predicted octanol–water partition coefficient (Wildman–Crippen LogP) is 3.70. The largest absolute Gasteiger partial charge is 0.392 e. The minimum atomic E-state index is -0.146. The molecule has 90 valence electrons. The minimum absolute atomic E-state index is 0.116. The van der Waals surface area contributed by atoms with Gasteiger partial charge in [0.1, 0.15) is 0 Å². The van der Waals surface area contributed by atoms with Gasteiger partial charge in [0.15, 0.2) is 0 Å². The maximum absolute atomic E-state index is 10.2. The highest BCUT2D eigenvalue weighted by Crippen LogP contribution is 2.52. The lowest BCUT2D eigenvalue weighted by Crippen LogP contribution is -2.46. The molecule has 0 aromatic heterocycles. The van der Waals surface area contributed by atoms with Crippen LogP contribution in [0, 0.1) is 17.3 Å². The molecular weight excluding hydrogens is 196 g/mol. The summed E-state index contributed by atoms with van der Waals surface area (Å²) < 4.78 is 0. The fourth-order valence-corrected chi connectivity index (χ4v) is 3.59. The molecule has 1 saturated carbocycles. The van der Waals surface area contributed by atoms with Gasteiger partial charge in [-0.1, -0.05) is 30.7 Å². The fraction of sp³-hybridized carbons (Fsp3) is 0.733. The smallest absolute Gasteiger partial charge is 0.0633 e. The summed E-state index contributed by atoms with van der Waals surface area (Å²) in [6.45, 7) is 10.7. The van der Waals surface area contributed by atoms with Crippen LogP contribution in [0.25, 0.3) is 0 Å². The van der Waals surface area contributed by atoms with E-state index in [4.69, 9.17) is 0 Å². The molecule has 0 unspecified atom stereocenters. The Kier molecular flexibility index (Phi) is 3.00. The Balaban J connectivity index is 2.25. The normalized spacial score (nSPS) is 43.5. The zero-order valence-electron chi connectivity index (χ0n) is 10.8. The Morgan fingerprint density at radius 3 is 2.88 bits per heavy atom. The molecule has 2 rings (SSSR count). The fourth-order valence-electron chi connectivity index (χ4n) is 3.59. The van der Waals surface area contributed by atoms with Crippen LogP contribution in [-0.4, -0.2) is 11.2 Å². The van der Waals surface area contributed by atoms with E-state index in [1.807, 2.05) is 0 Å². The molecule has 0 aromatic rings. The van der Waals surface area contributed by atoms with Crippen molar-refractivity contribution < 1.29 is 5.11 Å². The van der Waals surface area contributed by atoms with Crippen LogP contribution in [0.2, 0.25) is 0 Å². The van der Waals surface area contributed by atoms with Gasteiger partial charge < -0.3 is 5.11 Å². The Morgan fingerprint density at radius 1 is 1.56 bits per heavy atom. The predicted molar refractivity (Wildman–Crippen MR) is 68.1 cm³/mol. The molecule has 0 spiro atoms. The summed E-state index contributed by atoms with van der Waals surface area (Å²) in [4.78, 5) is 0. The molecule has 2 aliphatic carbocycles. The van der Waals surface area contributed by atoms with Gasteiger partial charge in [-0.3, -0.25) is 0 Å². The summed E-state index contributed by atoms with van der Waals surface area (Å²) >= 11 is 0. The summed E-state index contributed by atoms with van der Waals surface area (Å²) in [5, 5.41) is 10.2. The van der Waals surface area contributed by atoms with Gasteiger partial charge in [0.05, 0.1) is 6.10 Å². The third-order valence-corrected chi connectivity index (χ3v) is 5.02. The van der Waals surface area contributed by atoms with Crippen molar-refractivity contribution in [2.24, 2.45) is 17.3 Å². The molecule has 2 aliphatic rings. The standard InChI is InChI=1S/C15H24O/c1-10(2)12-7-8-15(4)13(9-12)11(3)5-6-14(15)16/h5,12-14,16H,1,6-9H2,2-4H3/t12-,13+,14-,15-/m1/s1. The molecular formula is C15H24O. The number of allylic oxidation sites excluding steroid dienone is 2. The Hall–Kier alpha value is -0.560. The van der Waals surface area contributed by atoms with Crippen LogP contribution in [-0.2, 0) is 0 Å². The maximum Gasteiger partial charge on any atom is 0.0633 e. The van der Waals surface area contributed by atoms with E-state index < -0.39 is 0 Å². The molecule has 1 N–H and O–H groups in total. The highest BCUT2D eigenvalue weighted by molar-refractivity contribution is 5.19. The van der Waals surface area contributed by atoms with Crippen molar-refractivity contribution in [3.63, 3.8) is 0 Å². The van der Waals surface area contributed by atoms with Crippen molar-refractivity contribution in [1.82, 2.24) is 0 Å². The van der Waals surface area contributed by atoms with E-state index in [1.165, 1.54) is 24.0 Å². The number of aliphatic hydroxyl groups excluding tert-OH is 1. The third-order valence-electron chi connectivity index (χ3n) is 5.02. The SMILES string of the molecule is C=C(C)[C@@H]1CC[C@@]2(C)[C@H](O)CC=C(C)[C@@H]2C1. The van der Waals surface area contributed by atoms with Crippen LogP contribution >= 0.6 is 0 Å². The number of hydrogen-bond donors (Lipinski definition) is 1. The zero-order valence-corrected chi connectivity index (χ0v) is 10.8.